The molecule has 0 saturated carbocycles. The number of nitrogens with zero attached hydrogens (tertiary/aromatic N) is 2. The number of carbonyl (C=O) groups is 5. The largest absolute Gasteiger partial charge is 0.491 e. The van der Waals surface area contributed by atoms with Crippen LogP contribution in [0.5, 0.6) is 5.75 Å². The molecular formula is C37H48N4O14. The molecule has 2 aromatic rings. The molecule has 0 aliphatic carbocycles. The highest BCUT2D eigenvalue weighted by molar-refractivity contribution is 6.26. The summed E-state index contributed by atoms with van der Waals surface area (Å²) in [5.74, 6) is -2.21. The molecule has 1 unspecified atom stereocenters. The van der Waals surface area contributed by atoms with E-state index < -0.39 is 34.6 Å². The van der Waals surface area contributed by atoms with Gasteiger partial charge in [0.15, 0.2) is 0 Å². The van der Waals surface area contributed by atoms with E-state index in [9.17, 15) is 34.1 Å². The summed E-state index contributed by atoms with van der Waals surface area (Å²) in [6.07, 6.45) is 2.41. The highest BCUT2D eigenvalue weighted by atomic mass is 16.6. The minimum absolute atomic E-state index is 0.0102. The minimum atomic E-state index is -1.08. The van der Waals surface area contributed by atoms with Crippen molar-refractivity contribution < 1.29 is 62.1 Å². The van der Waals surface area contributed by atoms with Gasteiger partial charge in [-0.05, 0) is 43.5 Å². The van der Waals surface area contributed by atoms with Gasteiger partial charge in [-0.2, -0.15) is 0 Å². The Morgan fingerprint density at radius 3 is 1.85 bits per heavy atom. The third-order valence-electron chi connectivity index (χ3n) is 8.34. The van der Waals surface area contributed by atoms with Gasteiger partial charge in [-0.25, -0.2) is 0 Å². The van der Waals surface area contributed by atoms with Crippen LogP contribution in [0.1, 0.15) is 59.2 Å². The van der Waals surface area contributed by atoms with Crippen molar-refractivity contribution in [3.05, 3.63) is 63.7 Å². The van der Waals surface area contributed by atoms with Crippen LogP contribution in [0, 0.1) is 10.1 Å². The molecule has 2 aromatic carbocycles. The Kier molecular flexibility index (Phi) is 18.6. The molecule has 1 fully saturated rings. The Balaban J connectivity index is 0.891. The van der Waals surface area contributed by atoms with Gasteiger partial charge in [-0.3, -0.25) is 44.3 Å². The van der Waals surface area contributed by atoms with Gasteiger partial charge in [0.2, 0.25) is 17.7 Å². The number of hydrogen-bond donors (Lipinski definition) is 2. The van der Waals surface area contributed by atoms with Crippen molar-refractivity contribution in [2.24, 2.45) is 0 Å². The van der Waals surface area contributed by atoms with Crippen molar-refractivity contribution in [1.29, 1.82) is 0 Å². The van der Waals surface area contributed by atoms with Crippen molar-refractivity contribution in [3.8, 4) is 5.75 Å². The lowest BCUT2D eigenvalue weighted by Crippen LogP contribution is -2.54. The fraction of sp³-hybridized carbons (Fsp3) is 0.541. The number of anilines is 1. The van der Waals surface area contributed by atoms with E-state index >= 15 is 0 Å². The first-order valence-electron chi connectivity index (χ1n) is 18.2. The zero-order chi connectivity index (χ0) is 39.3. The number of carbonyl (C=O) groups excluding carboxylic acids is 5. The van der Waals surface area contributed by atoms with E-state index in [0.717, 1.165) is 17.7 Å². The second-order valence-electron chi connectivity index (χ2n) is 12.3. The molecule has 5 amide bonds. The van der Waals surface area contributed by atoms with Crippen molar-refractivity contribution in [2.75, 3.05) is 91.2 Å². The average Bonchev–Trinajstić information content (AvgIpc) is 3.42. The predicted octanol–water partition coefficient (Wildman–Crippen LogP) is 2.67. The zero-order valence-corrected chi connectivity index (χ0v) is 30.7. The maximum Gasteiger partial charge on any atom is 0.269 e. The van der Waals surface area contributed by atoms with Crippen molar-refractivity contribution in [3.63, 3.8) is 0 Å². The molecule has 2 N–H and O–H groups in total. The molecule has 55 heavy (non-hydrogen) atoms. The molecule has 0 spiro atoms. The monoisotopic (exact) mass is 772 g/mol. The Morgan fingerprint density at radius 2 is 1.29 bits per heavy atom. The summed E-state index contributed by atoms with van der Waals surface area (Å²) >= 11 is 0. The van der Waals surface area contributed by atoms with E-state index in [4.69, 9.17) is 33.2 Å². The first-order valence-corrected chi connectivity index (χ1v) is 18.2. The number of nitro groups is 1. The van der Waals surface area contributed by atoms with Crippen LogP contribution in [0.15, 0.2) is 42.5 Å². The van der Waals surface area contributed by atoms with Crippen LogP contribution in [0.4, 0.5) is 11.4 Å². The molecule has 2 aliphatic rings. The Labute approximate surface area is 318 Å². The van der Waals surface area contributed by atoms with Crippen LogP contribution < -0.4 is 15.4 Å². The van der Waals surface area contributed by atoms with Crippen molar-refractivity contribution in [2.45, 2.75) is 44.6 Å². The number of benzene rings is 2. The fourth-order valence-corrected chi connectivity index (χ4v) is 5.58. The maximum atomic E-state index is 13.2. The third-order valence-corrected chi connectivity index (χ3v) is 8.34. The summed E-state index contributed by atoms with van der Waals surface area (Å²) in [4.78, 5) is 73.7. The van der Waals surface area contributed by atoms with Gasteiger partial charge in [0.05, 0.1) is 94.4 Å². The van der Waals surface area contributed by atoms with Gasteiger partial charge >= 0.3 is 0 Å². The molecule has 1 saturated heterocycles. The standard InChI is InChI=1S/C37H48N4O14/c42-32(38-30-6-4-5-29-34(30)37(46)40(36(29)45)31-12-13-33(43)39-35(31)44)7-2-1-3-14-49-15-16-50-17-18-51-19-20-52-21-22-53-23-24-54-25-26-55-28-10-8-27(9-11-28)41(47)48/h4-6,8-11,31H,1-3,7,12-26H2,(H,38,42)(H,39,43,44). The summed E-state index contributed by atoms with van der Waals surface area (Å²) in [5.41, 5.74) is 0.373. The normalized spacial score (nSPS) is 15.3. The van der Waals surface area contributed by atoms with E-state index in [1.165, 1.54) is 18.2 Å². The SMILES string of the molecule is O=C1CCC(N2C(=O)c3cccc(NC(=O)CCCCCOCCOCCOCCOCCOCCOCCOc4ccc([N+](=O)[O-])cc4)c3C2=O)C(=O)N1. The molecule has 0 bridgehead atoms. The van der Waals surface area contributed by atoms with Crippen LogP contribution in [-0.4, -0.2) is 131 Å². The second-order valence-corrected chi connectivity index (χ2v) is 12.3. The number of rotatable bonds is 28. The fourth-order valence-electron chi connectivity index (χ4n) is 5.58. The smallest absolute Gasteiger partial charge is 0.269 e. The van der Waals surface area contributed by atoms with Crippen LogP contribution in [0.25, 0.3) is 0 Å². The number of unbranched alkanes of at least 4 members (excludes halogenated alkanes) is 2. The van der Waals surface area contributed by atoms with Gasteiger partial charge in [0.1, 0.15) is 18.4 Å². The van der Waals surface area contributed by atoms with Crippen LogP contribution in [0.2, 0.25) is 0 Å². The third kappa shape index (κ3) is 14.4. The zero-order valence-electron chi connectivity index (χ0n) is 30.7. The minimum Gasteiger partial charge on any atom is -0.491 e. The Hall–Kier alpha value is -4.85. The van der Waals surface area contributed by atoms with Gasteiger partial charge in [0.25, 0.3) is 17.5 Å². The lowest BCUT2D eigenvalue weighted by atomic mass is 10.0. The topological polar surface area (TPSA) is 220 Å². The van der Waals surface area contributed by atoms with Crippen LogP contribution in [-0.2, 0) is 42.8 Å². The van der Waals surface area contributed by atoms with E-state index in [-0.39, 0.29) is 47.7 Å². The summed E-state index contributed by atoms with van der Waals surface area (Å²) in [6.45, 7) is 5.50. The second kappa shape index (κ2) is 23.8. The highest BCUT2D eigenvalue weighted by Crippen LogP contribution is 2.32. The predicted molar refractivity (Wildman–Crippen MR) is 194 cm³/mol. The van der Waals surface area contributed by atoms with Crippen LogP contribution >= 0.6 is 0 Å². The molecule has 0 aromatic heterocycles. The van der Waals surface area contributed by atoms with Gasteiger partial charge < -0.3 is 38.5 Å². The molecule has 18 nitrogen and oxygen atoms in total. The summed E-state index contributed by atoms with van der Waals surface area (Å²) < 4.78 is 38.4. The first-order chi connectivity index (χ1) is 26.8. The Morgan fingerprint density at radius 1 is 0.727 bits per heavy atom. The molecule has 4 rings (SSSR count). The number of fused-ring (bicyclic) bond motifs is 1. The lowest BCUT2D eigenvalue weighted by molar-refractivity contribution is -0.384. The average molecular weight is 773 g/mol. The summed E-state index contributed by atoms with van der Waals surface area (Å²) in [5, 5.41) is 15.5. The number of piperidine rings is 1. The molecule has 300 valence electrons. The van der Waals surface area contributed by atoms with Crippen LogP contribution in [0.3, 0.4) is 0 Å². The Bertz CT molecular complexity index is 1590. The highest BCUT2D eigenvalue weighted by Gasteiger charge is 2.45. The molecule has 2 heterocycles. The van der Waals surface area contributed by atoms with Crippen molar-refractivity contribution >= 4 is 40.9 Å². The first kappa shape index (κ1) is 42.9. The number of nitro benzene ring substituents is 1. The lowest BCUT2D eigenvalue weighted by Gasteiger charge is -2.27. The molecule has 1 atom stereocenters. The summed E-state index contributed by atoms with van der Waals surface area (Å²) in [7, 11) is 0. The number of hydrogen-bond acceptors (Lipinski definition) is 14. The molecular weight excluding hydrogens is 724 g/mol. The van der Waals surface area contributed by atoms with E-state index in [1.807, 2.05) is 0 Å². The van der Waals surface area contributed by atoms with E-state index in [2.05, 4.69) is 10.6 Å². The number of amides is 5. The summed E-state index contributed by atoms with van der Waals surface area (Å²) in [6, 6.07) is 9.36. The molecule has 0 radical (unpaired) electrons. The van der Waals surface area contributed by atoms with E-state index in [1.54, 1.807) is 24.3 Å². The molecule has 18 heteroatoms. The molecule has 2 aliphatic heterocycles. The van der Waals surface area contributed by atoms with Crippen molar-refractivity contribution in [1.82, 2.24) is 10.2 Å². The number of non-ortho nitro benzene ring substituents is 1. The van der Waals surface area contributed by atoms with Gasteiger partial charge in [-0.15, -0.1) is 0 Å². The van der Waals surface area contributed by atoms with Gasteiger partial charge in [-0.1, -0.05) is 12.5 Å². The van der Waals surface area contributed by atoms with Gasteiger partial charge in [0, 0.05) is 31.6 Å². The maximum absolute atomic E-state index is 13.2. The number of ether oxygens (including phenoxy) is 7. The number of nitrogens with one attached hydrogen (secondary N) is 2. The van der Waals surface area contributed by atoms with E-state index in [0.29, 0.717) is 98.1 Å². The number of imide groups is 2. The quantitative estimate of drug-likeness (QED) is 0.0550.